The first-order valence-electron chi connectivity index (χ1n) is 8.76. The molecule has 150 valence electrons. The number of hydrogen-bond acceptors (Lipinski definition) is 6. The molecule has 0 aliphatic rings. The monoisotopic (exact) mass is 429 g/mol. The molecule has 0 atom stereocenters. The van der Waals surface area contributed by atoms with Gasteiger partial charge in [-0.25, -0.2) is 4.79 Å². The van der Waals surface area contributed by atoms with Crippen LogP contribution >= 0.6 is 23.1 Å². The summed E-state index contributed by atoms with van der Waals surface area (Å²) in [6, 6.07) is 12.6. The highest BCUT2D eigenvalue weighted by molar-refractivity contribution is 8.01. The van der Waals surface area contributed by atoms with Crippen LogP contribution in [0, 0.1) is 0 Å². The fourth-order valence-electron chi connectivity index (χ4n) is 2.64. The van der Waals surface area contributed by atoms with E-state index in [0.717, 1.165) is 23.1 Å². The second kappa shape index (κ2) is 9.44. The van der Waals surface area contributed by atoms with Crippen molar-refractivity contribution in [2.75, 3.05) is 17.7 Å². The second-order valence-electron chi connectivity index (χ2n) is 5.82. The number of benzene rings is 1. The van der Waals surface area contributed by atoms with Gasteiger partial charge >= 0.3 is 5.97 Å². The normalized spacial score (nSPS) is 10.5. The Kier molecular flexibility index (Phi) is 6.73. The molecule has 2 aromatic heterocycles. The molecular formula is C20H19N3O4S2. The van der Waals surface area contributed by atoms with E-state index in [0.29, 0.717) is 15.6 Å². The summed E-state index contributed by atoms with van der Waals surface area (Å²) in [5.41, 5.74) is 6.88. The van der Waals surface area contributed by atoms with Crippen molar-refractivity contribution in [3.8, 4) is 5.69 Å². The standard InChI is InChI=1S/C20H19N3O4S2/c1-2-27-19(26)17-16(23-10-6-7-11-23)15(18(21)25)20(29-17)28-12-14(24)22-13-8-4-3-5-9-13/h3-11H,2,12H2,1H3,(H2,21,25)(H,22,24). The van der Waals surface area contributed by atoms with Gasteiger partial charge in [0.2, 0.25) is 5.91 Å². The first-order chi connectivity index (χ1) is 14.0. The van der Waals surface area contributed by atoms with Crippen molar-refractivity contribution >= 4 is 46.6 Å². The van der Waals surface area contributed by atoms with E-state index in [4.69, 9.17) is 10.5 Å². The lowest BCUT2D eigenvalue weighted by Gasteiger charge is -2.08. The number of nitrogens with zero attached hydrogens (tertiary/aromatic N) is 1. The smallest absolute Gasteiger partial charge is 0.350 e. The molecule has 9 heteroatoms. The molecule has 29 heavy (non-hydrogen) atoms. The molecule has 2 amide bonds. The van der Waals surface area contributed by atoms with Crippen LogP contribution in [0.25, 0.3) is 5.69 Å². The number of nitrogens with two attached hydrogens (primary N) is 1. The first-order valence-corrected chi connectivity index (χ1v) is 10.6. The zero-order chi connectivity index (χ0) is 20.8. The number of thioether (sulfide) groups is 1. The second-order valence-corrected chi connectivity index (χ2v) is 8.08. The molecule has 0 saturated carbocycles. The number of anilines is 1. The zero-order valence-corrected chi connectivity index (χ0v) is 17.2. The Labute approximate surface area is 175 Å². The average Bonchev–Trinajstić information content (AvgIpc) is 3.35. The molecule has 0 aliphatic carbocycles. The van der Waals surface area contributed by atoms with Gasteiger partial charge in [0.25, 0.3) is 5.91 Å². The van der Waals surface area contributed by atoms with Gasteiger partial charge in [0, 0.05) is 18.1 Å². The largest absolute Gasteiger partial charge is 0.462 e. The van der Waals surface area contributed by atoms with Gasteiger partial charge in [-0.05, 0) is 31.2 Å². The summed E-state index contributed by atoms with van der Waals surface area (Å²) in [6.07, 6.45) is 3.43. The number of aromatic nitrogens is 1. The van der Waals surface area contributed by atoms with Gasteiger partial charge in [-0.15, -0.1) is 23.1 Å². The number of carbonyl (C=O) groups is 3. The molecule has 0 aliphatic heterocycles. The SMILES string of the molecule is CCOC(=O)c1sc(SCC(=O)Nc2ccccc2)c(C(N)=O)c1-n1cccc1. The molecule has 3 aromatic rings. The van der Waals surface area contributed by atoms with Crippen LogP contribution in [0.1, 0.15) is 27.0 Å². The number of carbonyl (C=O) groups excluding carboxylic acids is 3. The van der Waals surface area contributed by atoms with Crippen molar-refractivity contribution < 1.29 is 19.1 Å². The zero-order valence-electron chi connectivity index (χ0n) is 15.6. The molecule has 0 fully saturated rings. The Hall–Kier alpha value is -3.04. The Bertz CT molecular complexity index is 1010. The summed E-state index contributed by atoms with van der Waals surface area (Å²) in [5.74, 6) is -1.38. The van der Waals surface area contributed by atoms with Crippen molar-refractivity contribution in [1.29, 1.82) is 0 Å². The highest BCUT2D eigenvalue weighted by Crippen LogP contribution is 2.39. The highest BCUT2D eigenvalue weighted by Gasteiger charge is 2.28. The third-order valence-electron chi connectivity index (χ3n) is 3.81. The van der Waals surface area contributed by atoms with E-state index >= 15 is 0 Å². The number of rotatable bonds is 8. The van der Waals surface area contributed by atoms with Gasteiger partial charge in [-0.3, -0.25) is 9.59 Å². The number of thiophene rings is 1. The van der Waals surface area contributed by atoms with Crippen LogP contribution < -0.4 is 11.1 Å². The van der Waals surface area contributed by atoms with Crippen molar-refractivity contribution in [1.82, 2.24) is 4.57 Å². The molecule has 7 nitrogen and oxygen atoms in total. The topological polar surface area (TPSA) is 103 Å². The van der Waals surface area contributed by atoms with Crippen LogP contribution in [0.5, 0.6) is 0 Å². The number of amides is 2. The maximum atomic E-state index is 12.5. The van der Waals surface area contributed by atoms with Crippen molar-refractivity contribution in [3.63, 3.8) is 0 Å². The summed E-state index contributed by atoms with van der Waals surface area (Å²) in [7, 11) is 0. The minimum absolute atomic E-state index is 0.0586. The lowest BCUT2D eigenvalue weighted by Crippen LogP contribution is -2.16. The van der Waals surface area contributed by atoms with E-state index in [-0.39, 0.29) is 28.7 Å². The average molecular weight is 430 g/mol. The quantitative estimate of drug-likeness (QED) is 0.421. The van der Waals surface area contributed by atoms with Crippen LogP contribution in [-0.2, 0) is 9.53 Å². The van der Waals surface area contributed by atoms with Gasteiger partial charge in [-0.1, -0.05) is 18.2 Å². The summed E-state index contributed by atoms with van der Waals surface area (Å²) < 4.78 is 7.28. The Balaban J connectivity index is 1.89. The van der Waals surface area contributed by atoms with E-state index in [9.17, 15) is 14.4 Å². The summed E-state index contributed by atoms with van der Waals surface area (Å²) in [5, 5.41) is 2.78. The van der Waals surface area contributed by atoms with Crippen LogP contribution in [0.4, 0.5) is 5.69 Å². The number of ether oxygens (including phenoxy) is 1. The van der Waals surface area contributed by atoms with E-state index < -0.39 is 11.9 Å². The maximum absolute atomic E-state index is 12.5. The van der Waals surface area contributed by atoms with Crippen LogP contribution in [0.2, 0.25) is 0 Å². The van der Waals surface area contributed by atoms with Gasteiger partial charge in [-0.2, -0.15) is 0 Å². The lowest BCUT2D eigenvalue weighted by molar-refractivity contribution is -0.113. The Morgan fingerprint density at radius 1 is 1.14 bits per heavy atom. The fourth-order valence-corrected chi connectivity index (χ4v) is 4.91. The fraction of sp³-hybridized carbons (Fsp3) is 0.150. The minimum atomic E-state index is -0.675. The molecule has 0 spiro atoms. The molecular weight excluding hydrogens is 410 g/mol. The minimum Gasteiger partial charge on any atom is -0.462 e. The number of para-hydroxylation sites is 1. The maximum Gasteiger partial charge on any atom is 0.350 e. The lowest BCUT2D eigenvalue weighted by atomic mass is 10.2. The van der Waals surface area contributed by atoms with Gasteiger partial charge in [0.05, 0.1) is 27.8 Å². The van der Waals surface area contributed by atoms with Gasteiger partial charge < -0.3 is 20.4 Å². The van der Waals surface area contributed by atoms with Gasteiger partial charge in [0.1, 0.15) is 4.88 Å². The van der Waals surface area contributed by atoms with E-state index in [1.54, 1.807) is 48.1 Å². The Morgan fingerprint density at radius 2 is 1.83 bits per heavy atom. The van der Waals surface area contributed by atoms with E-state index in [1.165, 1.54) is 0 Å². The molecule has 0 saturated heterocycles. The number of primary amides is 1. The van der Waals surface area contributed by atoms with Crippen molar-refractivity contribution in [2.24, 2.45) is 5.73 Å². The third kappa shape index (κ3) is 4.87. The Morgan fingerprint density at radius 3 is 2.45 bits per heavy atom. The molecule has 0 bridgehead atoms. The molecule has 2 heterocycles. The van der Waals surface area contributed by atoms with Crippen LogP contribution in [-0.4, -0.2) is 34.7 Å². The van der Waals surface area contributed by atoms with E-state index in [2.05, 4.69) is 5.32 Å². The molecule has 3 N–H and O–H groups in total. The van der Waals surface area contributed by atoms with Crippen LogP contribution in [0.3, 0.4) is 0 Å². The predicted molar refractivity (Wildman–Crippen MR) is 114 cm³/mol. The first kappa shape index (κ1) is 20.7. The third-order valence-corrected chi connectivity index (χ3v) is 6.24. The predicted octanol–water partition coefficient (Wildman–Crippen LogP) is 3.55. The molecule has 0 unspecified atom stereocenters. The van der Waals surface area contributed by atoms with Crippen molar-refractivity contribution in [3.05, 3.63) is 65.3 Å². The summed E-state index contributed by atoms with van der Waals surface area (Å²) in [4.78, 5) is 37.2. The molecule has 3 rings (SSSR count). The van der Waals surface area contributed by atoms with Crippen LogP contribution in [0.15, 0.2) is 59.1 Å². The van der Waals surface area contributed by atoms with Gasteiger partial charge in [0.15, 0.2) is 0 Å². The highest BCUT2D eigenvalue weighted by atomic mass is 32.2. The number of nitrogens with one attached hydrogen (secondary N) is 1. The number of esters is 1. The van der Waals surface area contributed by atoms with E-state index in [1.807, 2.05) is 18.2 Å². The molecule has 1 aromatic carbocycles. The van der Waals surface area contributed by atoms with Crippen molar-refractivity contribution in [2.45, 2.75) is 11.1 Å². The number of hydrogen-bond donors (Lipinski definition) is 2. The summed E-state index contributed by atoms with van der Waals surface area (Å²) >= 11 is 2.25. The summed E-state index contributed by atoms with van der Waals surface area (Å²) in [6.45, 7) is 1.91. The molecule has 0 radical (unpaired) electrons.